The largest absolute Gasteiger partial charge is 0.324 e. The summed E-state index contributed by atoms with van der Waals surface area (Å²) in [5.41, 5.74) is 3.51. The summed E-state index contributed by atoms with van der Waals surface area (Å²) < 4.78 is 0. The van der Waals surface area contributed by atoms with E-state index in [-0.39, 0.29) is 0 Å². The summed E-state index contributed by atoms with van der Waals surface area (Å²) >= 11 is 14.8. The zero-order valence-electron chi connectivity index (χ0n) is 18.2. The highest BCUT2D eigenvalue weighted by molar-refractivity contribution is 6.36. The Labute approximate surface area is 206 Å². The molecule has 0 unspecified atom stereocenters. The Kier molecular flexibility index (Phi) is 4.51. The Morgan fingerprint density at radius 3 is 1.56 bits per heavy atom. The molecular weight excluding hydrogens is 471 g/mol. The van der Waals surface area contributed by atoms with Gasteiger partial charge in [0.1, 0.15) is 15.8 Å². The first-order valence-electron chi connectivity index (χ1n) is 11.1. The fourth-order valence-corrected chi connectivity index (χ4v) is 7.05. The van der Waals surface area contributed by atoms with E-state index in [1.165, 1.54) is 0 Å². The molecule has 0 spiro atoms. The number of hydrogen-bond donors (Lipinski definition) is 1. The first kappa shape index (κ1) is 21.4. The second kappa shape index (κ2) is 7.17. The third-order valence-corrected chi connectivity index (χ3v) is 8.71. The maximum absolute atomic E-state index is 13.9. The summed E-state index contributed by atoms with van der Waals surface area (Å²) in [7, 11) is 0. The van der Waals surface area contributed by atoms with Crippen molar-refractivity contribution >= 4 is 46.6 Å². The molecule has 1 saturated heterocycles. The van der Waals surface area contributed by atoms with Crippen LogP contribution in [0.5, 0.6) is 0 Å². The van der Waals surface area contributed by atoms with Crippen LogP contribution in [0, 0.1) is 11.8 Å². The molecule has 3 amide bonds. The van der Waals surface area contributed by atoms with Gasteiger partial charge < -0.3 is 5.32 Å². The van der Waals surface area contributed by atoms with Gasteiger partial charge in [0.25, 0.3) is 0 Å². The van der Waals surface area contributed by atoms with Crippen LogP contribution < -0.4 is 5.32 Å². The molecule has 1 N–H and O–H groups in total. The standard InChI is InChI=1S/C27H20Cl2N2O3/c1-15(23(32)30-16-9-3-2-4-10-16)31-24(33)21-22(25(31)34)27(29)18-12-6-5-11-17(18)26(21,28)19-13-7-8-14-20(19)27/h2-15,21-22H,1H3,(H,30,32)/t15-,21+,22+,26?,27?/m1/s1. The van der Waals surface area contributed by atoms with E-state index in [4.69, 9.17) is 23.2 Å². The van der Waals surface area contributed by atoms with Gasteiger partial charge in [0.15, 0.2) is 0 Å². The van der Waals surface area contributed by atoms with Crippen molar-refractivity contribution in [2.75, 3.05) is 5.32 Å². The van der Waals surface area contributed by atoms with Crippen molar-refractivity contribution in [3.8, 4) is 0 Å². The zero-order valence-corrected chi connectivity index (χ0v) is 19.7. The second-order valence-electron chi connectivity index (χ2n) is 9.05. The Hall–Kier alpha value is -3.15. The number of rotatable bonds is 3. The molecule has 0 aromatic heterocycles. The first-order valence-corrected chi connectivity index (χ1v) is 11.9. The van der Waals surface area contributed by atoms with Gasteiger partial charge in [-0.25, -0.2) is 0 Å². The van der Waals surface area contributed by atoms with Gasteiger partial charge in [0, 0.05) is 5.69 Å². The van der Waals surface area contributed by atoms with Gasteiger partial charge in [-0.1, -0.05) is 66.7 Å². The number of hydrogen-bond acceptors (Lipinski definition) is 3. The number of benzene rings is 3. The van der Waals surface area contributed by atoms with E-state index in [1.54, 1.807) is 31.2 Å². The number of para-hydroxylation sites is 1. The van der Waals surface area contributed by atoms with Gasteiger partial charge in [-0.15, -0.1) is 23.2 Å². The maximum atomic E-state index is 13.9. The number of nitrogens with zero attached hydrogens (tertiary/aromatic N) is 1. The molecule has 7 rings (SSSR count). The van der Waals surface area contributed by atoms with Crippen molar-refractivity contribution in [1.29, 1.82) is 0 Å². The summed E-state index contributed by atoms with van der Waals surface area (Å²) in [5.74, 6) is -3.25. The minimum absolute atomic E-state index is 0.457. The summed E-state index contributed by atoms with van der Waals surface area (Å²) in [4.78, 5) is 39.4. The van der Waals surface area contributed by atoms with Crippen molar-refractivity contribution in [1.82, 2.24) is 4.90 Å². The predicted octanol–water partition coefficient (Wildman–Crippen LogP) is 4.61. The van der Waals surface area contributed by atoms with Crippen LogP contribution in [0.1, 0.15) is 29.2 Å². The molecule has 3 aromatic carbocycles. The van der Waals surface area contributed by atoms with E-state index in [2.05, 4.69) is 5.32 Å². The van der Waals surface area contributed by atoms with Gasteiger partial charge >= 0.3 is 0 Å². The van der Waals surface area contributed by atoms with E-state index in [1.807, 2.05) is 54.6 Å². The predicted molar refractivity (Wildman–Crippen MR) is 130 cm³/mol. The molecule has 0 saturated carbocycles. The topological polar surface area (TPSA) is 66.5 Å². The normalized spacial score (nSPS) is 29.3. The van der Waals surface area contributed by atoms with E-state index < -0.39 is 45.3 Å². The maximum Gasteiger partial charge on any atom is 0.247 e. The van der Waals surface area contributed by atoms with Gasteiger partial charge in [-0.3, -0.25) is 19.3 Å². The smallest absolute Gasteiger partial charge is 0.247 e. The molecular formula is C27H20Cl2N2O3. The quantitative estimate of drug-likeness (QED) is 0.430. The van der Waals surface area contributed by atoms with Crippen LogP contribution in [0.25, 0.3) is 0 Å². The van der Waals surface area contributed by atoms with Crippen molar-refractivity contribution in [3.05, 3.63) is 101 Å². The van der Waals surface area contributed by atoms with Crippen LogP contribution in [-0.4, -0.2) is 28.7 Å². The lowest BCUT2D eigenvalue weighted by Gasteiger charge is -2.54. The summed E-state index contributed by atoms with van der Waals surface area (Å²) in [5, 5.41) is 2.78. The average Bonchev–Trinajstić information content (AvgIpc) is 3.13. The summed E-state index contributed by atoms with van der Waals surface area (Å²) in [6.07, 6.45) is 0. The molecule has 5 nitrogen and oxygen atoms in total. The van der Waals surface area contributed by atoms with Crippen molar-refractivity contribution < 1.29 is 14.4 Å². The van der Waals surface area contributed by atoms with Gasteiger partial charge in [-0.2, -0.15) is 0 Å². The number of nitrogens with one attached hydrogen (secondary N) is 1. The summed E-state index contributed by atoms with van der Waals surface area (Å²) in [6.45, 7) is 1.55. The lowest BCUT2D eigenvalue weighted by atomic mass is 9.54. The number of anilines is 1. The van der Waals surface area contributed by atoms with E-state index in [0.29, 0.717) is 5.69 Å². The number of amides is 3. The van der Waals surface area contributed by atoms with Crippen molar-refractivity contribution in [3.63, 3.8) is 0 Å². The molecule has 2 bridgehead atoms. The number of alkyl halides is 2. The van der Waals surface area contributed by atoms with Gasteiger partial charge in [0.2, 0.25) is 17.7 Å². The minimum Gasteiger partial charge on any atom is -0.324 e. The van der Waals surface area contributed by atoms with E-state index in [9.17, 15) is 14.4 Å². The van der Waals surface area contributed by atoms with Crippen LogP contribution >= 0.6 is 23.2 Å². The van der Waals surface area contributed by atoms with Crippen LogP contribution in [-0.2, 0) is 24.1 Å². The molecule has 34 heavy (non-hydrogen) atoms. The number of halogens is 2. The highest BCUT2D eigenvalue weighted by Gasteiger charge is 2.73. The van der Waals surface area contributed by atoms with E-state index in [0.717, 1.165) is 27.2 Å². The Morgan fingerprint density at radius 2 is 1.15 bits per heavy atom. The lowest BCUT2D eigenvalue weighted by molar-refractivity contribution is -0.146. The van der Waals surface area contributed by atoms with Crippen molar-refractivity contribution in [2.45, 2.75) is 22.7 Å². The Balaban J connectivity index is 1.48. The third-order valence-electron chi connectivity index (χ3n) is 7.43. The minimum atomic E-state index is -1.26. The number of carbonyl (C=O) groups excluding carboxylic acids is 3. The number of carbonyl (C=O) groups is 3. The summed E-state index contributed by atoms with van der Waals surface area (Å²) in [6, 6.07) is 22.8. The highest BCUT2D eigenvalue weighted by atomic mass is 35.5. The lowest BCUT2D eigenvalue weighted by Crippen LogP contribution is -2.57. The monoisotopic (exact) mass is 490 g/mol. The molecule has 1 heterocycles. The highest BCUT2D eigenvalue weighted by Crippen LogP contribution is 2.69. The number of likely N-dealkylation sites (tertiary alicyclic amines) is 1. The van der Waals surface area contributed by atoms with Gasteiger partial charge in [0.05, 0.1) is 11.8 Å². The fourth-order valence-electron chi connectivity index (χ4n) is 5.96. The van der Waals surface area contributed by atoms with Gasteiger partial charge in [-0.05, 0) is 41.3 Å². The molecule has 170 valence electrons. The molecule has 3 aromatic rings. The first-order chi connectivity index (χ1) is 16.3. The van der Waals surface area contributed by atoms with Crippen LogP contribution in [0.4, 0.5) is 5.69 Å². The molecule has 0 radical (unpaired) electrons. The van der Waals surface area contributed by atoms with Crippen molar-refractivity contribution in [2.24, 2.45) is 11.8 Å². The fraction of sp³-hybridized carbons (Fsp3) is 0.222. The SMILES string of the molecule is C[C@H](C(=O)Nc1ccccc1)N1C(=O)[C@@H]2[C@@H](C1=O)C1(Cl)c3ccccc3C2(Cl)c2ccccc21. The third kappa shape index (κ3) is 2.49. The molecule has 4 aliphatic rings. The van der Waals surface area contributed by atoms with Crippen LogP contribution in [0.3, 0.4) is 0 Å². The van der Waals surface area contributed by atoms with Crippen LogP contribution in [0.2, 0.25) is 0 Å². The molecule has 3 aliphatic carbocycles. The Morgan fingerprint density at radius 1 is 0.765 bits per heavy atom. The van der Waals surface area contributed by atoms with Crippen LogP contribution in [0.15, 0.2) is 78.9 Å². The molecule has 7 heteroatoms. The molecule has 1 fully saturated rings. The van der Waals surface area contributed by atoms with E-state index >= 15 is 0 Å². The number of imide groups is 1. The Bertz CT molecular complexity index is 1250. The second-order valence-corrected chi connectivity index (χ2v) is 10.2. The zero-order chi connectivity index (χ0) is 23.8. The molecule has 3 atom stereocenters. The molecule has 1 aliphatic heterocycles. The average molecular weight is 491 g/mol.